The smallest absolute Gasteiger partial charge is 0.264 e. The fraction of sp³-hybridized carbons (Fsp3) is 0.310. The first-order valence-corrected chi connectivity index (χ1v) is 14.9. The number of halogens is 2. The number of nitrogens with zero attached hydrogens (tertiary/aromatic N) is 2. The van der Waals surface area contributed by atoms with E-state index in [-0.39, 0.29) is 39.1 Å². The monoisotopic (exact) mass is 605 g/mol. The van der Waals surface area contributed by atoms with Gasteiger partial charge in [-0.2, -0.15) is 0 Å². The normalized spacial score (nSPS) is 12.1. The molecule has 2 amide bonds. The number of carbonyl (C=O) groups is 2. The lowest BCUT2D eigenvalue weighted by Crippen LogP contribution is -2.53. The molecule has 0 unspecified atom stereocenters. The second kappa shape index (κ2) is 13.9. The van der Waals surface area contributed by atoms with Crippen LogP contribution in [0.1, 0.15) is 32.8 Å². The number of ether oxygens (including phenoxy) is 1. The molecule has 214 valence electrons. The highest BCUT2D eigenvalue weighted by Crippen LogP contribution is 2.30. The minimum Gasteiger partial charge on any atom is -0.497 e. The highest BCUT2D eigenvalue weighted by Gasteiger charge is 2.34. The number of carbonyl (C=O) groups excluding carboxylic acids is 2. The summed E-state index contributed by atoms with van der Waals surface area (Å²) in [7, 11) is -2.69. The fourth-order valence-corrected chi connectivity index (χ4v) is 6.13. The first kappa shape index (κ1) is 31.3. The van der Waals surface area contributed by atoms with Crippen LogP contribution in [-0.4, -0.2) is 50.9 Å². The zero-order valence-electron chi connectivity index (χ0n) is 22.8. The molecule has 0 aliphatic rings. The van der Waals surface area contributed by atoms with Crippen molar-refractivity contribution in [3.63, 3.8) is 0 Å². The summed E-state index contributed by atoms with van der Waals surface area (Å²) in [5.41, 5.74) is 0.836. The van der Waals surface area contributed by atoms with E-state index < -0.39 is 28.5 Å². The summed E-state index contributed by atoms with van der Waals surface area (Å²) in [6, 6.07) is 18.2. The lowest BCUT2D eigenvalue weighted by molar-refractivity contribution is -0.140. The molecule has 3 rings (SSSR count). The number of hydrogen-bond acceptors (Lipinski definition) is 5. The molecule has 1 atom stereocenters. The Morgan fingerprint density at radius 3 is 2.17 bits per heavy atom. The molecule has 11 heteroatoms. The van der Waals surface area contributed by atoms with Gasteiger partial charge < -0.3 is 15.0 Å². The van der Waals surface area contributed by atoms with Gasteiger partial charge in [-0.05, 0) is 68.3 Å². The van der Waals surface area contributed by atoms with Crippen molar-refractivity contribution >= 4 is 50.7 Å². The van der Waals surface area contributed by atoms with Crippen LogP contribution in [0.5, 0.6) is 5.75 Å². The van der Waals surface area contributed by atoms with Crippen molar-refractivity contribution in [1.29, 1.82) is 0 Å². The van der Waals surface area contributed by atoms with Gasteiger partial charge in [0.05, 0.1) is 17.7 Å². The largest absolute Gasteiger partial charge is 0.497 e. The number of nitrogens with one attached hydrogen (secondary N) is 1. The standard InChI is InChI=1S/C29H33Cl2N3O5S/c1-5-27(29(36)32-20(2)3)33(18-21-10-9-11-25(14-21)39-4)28(35)19-34(24-16-22(30)15-23(31)17-24)40(37,38)26-12-7-6-8-13-26/h6-17,20,27H,5,18-19H2,1-4H3,(H,32,36)/t27-/m0/s1. The lowest BCUT2D eigenvalue weighted by atomic mass is 10.1. The molecule has 0 heterocycles. The molecule has 0 radical (unpaired) electrons. The summed E-state index contributed by atoms with van der Waals surface area (Å²) in [6.07, 6.45) is 0.308. The van der Waals surface area contributed by atoms with Gasteiger partial charge in [-0.1, -0.05) is 60.5 Å². The number of benzene rings is 3. The van der Waals surface area contributed by atoms with E-state index in [9.17, 15) is 18.0 Å². The second-order valence-electron chi connectivity index (χ2n) is 9.41. The number of anilines is 1. The van der Waals surface area contributed by atoms with E-state index in [1.54, 1.807) is 43.3 Å². The van der Waals surface area contributed by atoms with Crippen molar-refractivity contribution in [2.45, 2.75) is 50.7 Å². The van der Waals surface area contributed by atoms with E-state index in [4.69, 9.17) is 27.9 Å². The van der Waals surface area contributed by atoms with Crippen molar-refractivity contribution in [1.82, 2.24) is 10.2 Å². The van der Waals surface area contributed by atoms with Crippen LogP contribution in [0.15, 0.2) is 77.7 Å². The molecule has 3 aromatic rings. The molecule has 0 saturated carbocycles. The number of amides is 2. The molecular formula is C29H33Cl2N3O5S. The van der Waals surface area contributed by atoms with E-state index in [0.717, 1.165) is 4.31 Å². The van der Waals surface area contributed by atoms with Gasteiger partial charge in [-0.15, -0.1) is 0 Å². The maximum atomic E-state index is 14.1. The van der Waals surface area contributed by atoms with Gasteiger partial charge in [-0.25, -0.2) is 8.42 Å². The SMILES string of the molecule is CC[C@@H](C(=O)NC(C)C)N(Cc1cccc(OC)c1)C(=O)CN(c1cc(Cl)cc(Cl)c1)S(=O)(=O)c1ccccc1. The Morgan fingerprint density at radius 2 is 1.60 bits per heavy atom. The molecule has 0 aliphatic carbocycles. The number of methoxy groups -OCH3 is 1. The first-order chi connectivity index (χ1) is 19.0. The molecular weight excluding hydrogens is 573 g/mol. The number of hydrogen-bond donors (Lipinski definition) is 1. The molecule has 8 nitrogen and oxygen atoms in total. The second-order valence-corrected chi connectivity index (χ2v) is 12.1. The van der Waals surface area contributed by atoms with Crippen LogP contribution in [0.2, 0.25) is 10.0 Å². The highest BCUT2D eigenvalue weighted by molar-refractivity contribution is 7.92. The average molecular weight is 607 g/mol. The lowest BCUT2D eigenvalue weighted by Gasteiger charge is -2.33. The molecule has 0 spiro atoms. The van der Waals surface area contributed by atoms with Crippen molar-refractivity contribution in [2.24, 2.45) is 0 Å². The molecule has 0 fully saturated rings. The van der Waals surface area contributed by atoms with E-state index in [1.807, 2.05) is 19.9 Å². The van der Waals surface area contributed by atoms with E-state index in [2.05, 4.69) is 5.32 Å². The summed E-state index contributed by atoms with van der Waals surface area (Å²) in [4.78, 5) is 28.7. The van der Waals surface area contributed by atoms with Crippen molar-refractivity contribution in [3.05, 3.63) is 88.4 Å². The summed E-state index contributed by atoms with van der Waals surface area (Å²) >= 11 is 12.4. The third-order valence-electron chi connectivity index (χ3n) is 6.05. The minimum atomic E-state index is -4.22. The molecule has 0 bridgehead atoms. The Kier molecular flexibility index (Phi) is 10.8. The fourth-order valence-electron chi connectivity index (χ4n) is 4.20. The summed E-state index contributed by atoms with van der Waals surface area (Å²) in [5.74, 6) is -0.326. The highest BCUT2D eigenvalue weighted by atomic mass is 35.5. The molecule has 0 saturated heterocycles. The Morgan fingerprint density at radius 1 is 0.950 bits per heavy atom. The topological polar surface area (TPSA) is 96.0 Å². The molecule has 0 aliphatic heterocycles. The predicted octanol–water partition coefficient (Wildman–Crippen LogP) is 5.53. The van der Waals surface area contributed by atoms with Crippen molar-refractivity contribution in [3.8, 4) is 5.75 Å². The van der Waals surface area contributed by atoms with Crippen LogP contribution in [0.25, 0.3) is 0 Å². The van der Waals surface area contributed by atoms with Crippen LogP contribution in [0.4, 0.5) is 5.69 Å². The molecule has 0 aromatic heterocycles. The van der Waals surface area contributed by atoms with Crippen LogP contribution in [0, 0.1) is 0 Å². The van der Waals surface area contributed by atoms with Gasteiger partial charge in [0.1, 0.15) is 18.3 Å². The summed E-state index contributed by atoms with van der Waals surface area (Å²) in [5, 5.41) is 3.28. The van der Waals surface area contributed by atoms with Crippen molar-refractivity contribution in [2.75, 3.05) is 18.0 Å². The van der Waals surface area contributed by atoms with Gasteiger partial charge in [-0.3, -0.25) is 13.9 Å². The van der Waals surface area contributed by atoms with Crippen LogP contribution >= 0.6 is 23.2 Å². The maximum absolute atomic E-state index is 14.1. The van der Waals surface area contributed by atoms with Gasteiger partial charge in [0.15, 0.2) is 0 Å². The maximum Gasteiger partial charge on any atom is 0.264 e. The summed E-state index contributed by atoms with van der Waals surface area (Å²) in [6.45, 7) is 4.91. The number of sulfonamides is 1. The average Bonchev–Trinajstić information content (AvgIpc) is 2.91. The molecule has 3 aromatic carbocycles. The van der Waals surface area contributed by atoms with Crippen LogP contribution in [-0.2, 0) is 26.2 Å². The third-order valence-corrected chi connectivity index (χ3v) is 8.27. The van der Waals surface area contributed by atoms with E-state index >= 15 is 0 Å². The Balaban J connectivity index is 2.09. The van der Waals surface area contributed by atoms with Gasteiger partial charge in [0.25, 0.3) is 10.0 Å². The molecule has 1 N–H and O–H groups in total. The van der Waals surface area contributed by atoms with Gasteiger partial charge in [0, 0.05) is 22.6 Å². The number of rotatable bonds is 12. The Bertz CT molecular complexity index is 1410. The first-order valence-electron chi connectivity index (χ1n) is 12.7. The quantitative estimate of drug-likeness (QED) is 0.293. The van der Waals surface area contributed by atoms with E-state index in [1.165, 1.54) is 42.3 Å². The minimum absolute atomic E-state index is 0.0113. The summed E-state index contributed by atoms with van der Waals surface area (Å²) < 4.78 is 34.0. The van der Waals surface area contributed by atoms with Crippen molar-refractivity contribution < 1.29 is 22.7 Å². The van der Waals surface area contributed by atoms with Crippen LogP contribution in [0.3, 0.4) is 0 Å². The van der Waals surface area contributed by atoms with E-state index in [0.29, 0.717) is 17.7 Å². The van der Waals surface area contributed by atoms with Gasteiger partial charge >= 0.3 is 0 Å². The third kappa shape index (κ3) is 7.90. The predicted molar refractivity (Wildman–Crippen MR) is 158 cm³/mol. The van der Waals surface area contributed by atoms with Gasteiger partial charge in [0.2, 0.25) is 11.8 Å². The zero-order chi connectivity index (χ0) is 29.4. The Hall–Kier alpha value is -3.27. The van der Waals surface area contributed by atoms with Crippen LogP contribution < -0.4 is 14.4 Å². The Labute approximate surface area is 245 Å². The molecule has 40 heavy (non-hydrogen) atoms. The zero-order valence-corrected chi connectivity index (χ0v) is 25.1.